The molecule has 0 saturated carbocycles. The summed E-state index contributed by atoms with van der Waals surface area (Å²) in [6.07, 6.45) is -3.91. The molecular weight excluding hydrogens is 477 g/mol. The number of benzene rings is 1. The van der Waals surface area contributed by atoms with E-state index in [9.17, 15) is 27.6 Å². The van der Waals surface area contributed by atoms with Crippen molar-refractivity contribution in [1.82, 2.24) is 15.2 Å². The average Bonchev–Trinajstić information content (AvgIpc) is 3.09. The van der Waals surface area contributed by atoms with Crippen LogP contribution in [0.15, 0.2) is 54.7 Å². The lowest BCUT2D eigenvalue weighted by atomic mass is 9.86. The van der Waals surface area contributed by atoms with Gasteiger partial charge in [-0.3, -0.25) is 19.3 Å². The third kappa shape index (κ3) is 4.95. The van der Waals surface area contributed by atoms with Crippen LogP contribution in [0.4, 0.5) is 19.0 Å². The highest BCUT2D eigenvalue weighted by Gasteiger charge is 2.53. The lowest BCUT2D eigenvalue weighted by Gasteiger charge is -2.26. The zero-order valence-corrected chi connectivity index (χ0v) is 19.5. The second kappa shape index (κ2) is 9.48. The number of amides is 1. The summed E-state index contributed by atoms with van der Waals surface area (Å²) in [5.74, 6) is -4.51. The van der Waals surface area contributed by atoms with Gasteiger partial charge in [0.05, 0.1) is 11.7 Å². The van der Waals surface area contributed by atoms with E-state index < -0.39 is 41.7 Å². The predicted molar refractivity (Wildman–Crippen MR) is 121 cm³/mol. The van der Waals surface area contributed by atoms with Crippen molar-refractivity contribution < 1.29 is 32.3 Å². The van der Waals surface area contributed by atoms with Gasteiger partial charge in [0.2, 0.25) is 11.7 Å². The van der Waals surface area contributed by atoms with E-state index in [-0.39, 0.29) is 22.9 Å². The molecule has 1 unspecified atom stereocenters. The molecule has 0 bridgehead atoms. The molecule has 3 heterocycles. The highest BCUT2D eigenvalue weighted by atomic mass is 19.4. The van der Waals surface area contributed by atoms with Crippen LogP contribution in [-0.2, 0) is 9.59 Å². The molecule has 0 radical (unpaired) electrons. The summed E-state index contributed by atoms with van der Waals surface area (Å²) in [7, 11) is 0. The molecule has 8 nitrogen and oxygen atoms in total. The fraction of sp³-hybridized carbons (Fsp3) is 0.280. The fourth-order valence-electron chi connectivity index (χ4n) is 4.00. The summed E-state index contributed by atoms with van der Waals surface area (Å²) >= 11 is 0. The molecule has 1 aromatic carbocycles. The first-order chi connectivity index (χ1) is 17.0. The van der Waals surface area contributed by atoms with Crippen LogP contribution in [0.5, 0.6) is 5.88 Å². The van der Waals surface area contributed by atoms with Crippen molar-refractivity contribution in [1.29, 1.82) is 0 Å². The van der Waals surface area contributed by atoms with Gasteiger partial charge in [-0.05, 0) is 42.2 Å². The van der Waals surface area contributed by atoms with Crippen LogP contribution in [0.25, 0.3) is 0 Å². The monoisotopic (exact) mass is 498 g/mol. The van der Waals surface area contributed by atoms with E-state index in [2.05, 4.69) is 19.9 Å². The van der Waals surface area contributed by atoms with Crippen LogP contribution in [0.2, 0.25) is 0 Å². The molecule has 2 aromatic heterocycles. The number of ether oxygens (including phenoxy) is 1. The number of anilines is 1. The van der Waals surface area contributed by atoms with Crippen LogP contribution in [-0.4, -0.2) is 39.0 Å². The molecular formula is C25H21F3N4O4. The van der Waals surface area contributed by atoms with E-state index in [1.54, 1.807) is 37.3 Å². The van der Waals surface area contributed by atoms with Gasteiger partial charge < -0.3 is 4.74 Å². The Balaban J connectivity index is 1.78. The van der Waals surface area contributed by atoms with Crippen molar-refractivity contribution in [3.05, 3.63) is 77.1 Å². The van der Waals surface area contributed by atoms with E-state index in [0.29, 0.717) is 5.69 Å². The van der Waals surface area contributed by atoms with Crippen LogP contribution in [0, 0.1) is 12.8 Å². The van der Waals surface area contributed by atoms with Gasteiger partial charge >= 0.3 is 6.36 Å². The van der Waals surface area contributed by atoms with Crippen LogP contribution in [0.3, 0.4) is 0 Å². The number of aryl methyl sites for hydroxylation is 1. The van der Waals surface area contributed by atoms with E-state index >= 15 is 0 Å². The minimum atomic E-state index is -4.95. The van der Waals surface area contributed by atoms with E-state index in [0.717, 1.165) is 22.7 Å². The van der Waals surface area contributed by atoms with Crippen molar-refractivity contribution in [3.63, 3.8) is 0 Å². The first kappa shape index (κ1) is 25.0. The number of nitrogens with zero attached hydrogens (tertiary/aromatic N) is 4. The fourth-order valence-corrected chi connectivity index (χ4v) is 4.00. The Kier molecular flexibility index (Phi) is 6.57. The molecule has 2 atom stereocenters. The number of Topliss-reactive ketones (excluding diaryl/α,β-unsaturated/α-hetero) is 2. The zero-order valence-electron chi connectivity index (χ0n) is 19.5. The van der Waals surface area contributed by atoms with Crippen LogP contribution >= 0.6 is 0 Å². The summed E-state index contributed by atoms with van der Waals surface area (Å²) < 4.78 is 41.5. The van der Waals surface area contributed by atoms with Crippen molar-refractivity contribution in [2.24, 2.45) is 5.92 Å². The van der Waals surface area contributed by atoms with Gasteiger partial charge in [-0.25, -0.2) is 4.98 Å². The number of rotatable bonds is 6. The first-order valence-electron chi connectivity index (χ1n) is 11.0. The first-order valence-corrected chi connectivity index (χ1v) is 11.0. The molecule has 0 aliphatic carbocycles. The predicted octanol–water partition coefficient (Wildman–Crippen LogP) is 4.36. The van der Waals surface area contributed by atoms with Crippen molar-refractivity contribution in [2.45, 2.75) is 39.1 Å². The number of ketones is 2. The number of hydrogen-bond donors (Lipinski definition) is 0. The highest BCUT2D eigenvalue weighted by molar-refractivity contribution is 6.48. The number of pyridine rings is 1. The largest absolute Gasteiger partial charge is 0.574 e. The third-order valence-corrected chi connectivity index (χ3v) is 5.80. The topological polar surface area (TPSA) is 102 Å². The number of carbonyl (C=O) groups excluding carboxylic acids is 3. The number of aromatic nitrogens is 3. The minimum Gasteiger partial charge on any atom is -0.388 e. The lowest BCUT2D eigenvalue weighted by molar-refractivity contribution is -0.276. The SMILES string of the molecule is Cc1ccc(N2C(=O)C(=O)C(C(=O)c3ccc(C(C)C)cc3)[C@H]2c2ccc(OC(F)(F)F)nc2)nn1. The van der Waals surface area contributed by atoms with Gasteiger partial charge in [-0.1, -0.05) is 38.1 Å². The maximum Gasteiger partial charge on any atom is 0.574 e. The lowest BCUT2D eigenvalue weighted by Crippen LogP contribution is -2.31. The number of alkyl halides is 3. The molecule has 1 amide bonds. The standard InChI is InChI=1S/C25H21F3N4O4/c1-13(2)15-5-7-16(8-6-15)22(33)20-21(17-9-11-19(29-12-17)36-25(26,27)28)32(24(35)23(20)34)18-10-4-14(3)30-31-18/h4-13,20-21H,1-3H3/t20?,21-/m1/s1. The molecule has 186 valence electrons. The smallest absolute Gasteiger partial charge is 0.388 e. The molecule has 1 saturated heterocycles. The molecule has 1 fully saturated rings. The summed E-state index contributed by atoms with van der Waals surface area (Å²) in [6, 6.07) is 10.7. The van der Waals surface area contributed by atoms with Crippen LogP contribution in [0.1, 0.15) is 53.0 Å². The average molecular weight is 498 g/mol. The molecule has 1 aliphatic rings. The summed E-state index contributed by atoms with van der Waals surface area (Å²) in [5.41, 5.74) is 1.92. The normalized spacial score (nSPS) is 18.1. The summed E-state index contributed by atoms with van der Waals surface area (Å²) in [4.78, 5) is 44.4. The summed E-state index contributed by atoms with van der Waals surface area (Å²) in [6.45, 7) is 5.67. The second-order valence-electron chi connectivity index (χ2n) is 8.61. The molecule has 4 rings (SSSR count). The van der Waals surface area contributed by atoms with Gasteiger partial charge in [-0.15, -0.1) is 18.3 Å². The molecule has 11 heteroatoms. The van der Waals surface area contributed by atoms with E-state index in [1.165, 1.54) is 12.1 Å². The van der Waals surface area contributed by atoms with Crippen molar-refractivity contribution >= 4 is 23.3 Å². The molecule has 3 aromatic rings. The Morgan fingerprint density at radius 3 is 2.22 bits per heavy atom. The molecule has 0 spiro atoms. The maximum absolute atomic E-state index is 13.5. The highest BCUT2D eigenvalue weighted by Crippen LogP contribution is 2.40. The van der Waals surface area contributed by atoms with Gasteiger partial charge in [0.1, 0.15) is 5.92 Å². The molecule has 1 aliphatic heterocycles. The van der Waals surface area contributed by atoms with Gasteiger partial charge in [0.25, 0.3) is 5.91 Å². The summed E-state index contributed by atoms with van der Waals surface area (Å²) in [5, 5.41) is 7.90. The van der Waals surface area contributed by atoms with E-state index in [4.69, 9.17) is 0 Å². The Bertz CT molecular complexity index is 1290. The second-order valence-corrected chi connectivity index (χ2v) is 8.61. The van der Waals surface area contributed by atoms with Crippen molar-refractivity contribution in [3.8, 4) is 5.88 Å². The van der Waals surface area contributed by atoms with Crippen molar-refractivity contribution in [2.75, 3.05) is 4.90 Å². The van der Waals surface area contributed by atoms with E-state index in [1.807, 2.05) is 13.8 Å². The van der Waals surface area contributed by atoms with Gasteiger partial charge in [-0.2, -0.15) is 5.10 Å². The minimum absolute atomic E-state index is 0.0185. The quantitative estimate of drug-likeness (QED) is 0.283. The third-order valence-electron chi connectivity index (χ3n) is 5.80. The van der Waals surface area contributed by atoms with Crippen LogP contribution < -0.4 is 9.64 Å². The number of halogens is 3. The van der Waals surface area contributed by atoms with Gasteiger partial charge in [0.15, 0.2) is 11.6 Å². The molecule has 0 N–H and O–H groups in total. The Morgan fingerprint density at radius 1 is 1.00 bits per heavy atom. The molecule has 36 heavy (non-hydrogen) atoms. The Labute approximate surface area is 204 Å². The Morgan fingerprint density at radius 2 is 1.69 bits per heavy atom. The maximum atomic E-state index is 13.5. The number of hydrogen-bond acceptors (Lipinski definition) is 7. The Hall–Kier alpha value is -4.15. The zero-order chi connectivity index (χ0) is 26.2. The number of carbonyl (C=O) groups is 3. The van der Waals surface area contributed by atoms with Gasteiger partial charge in [0, 0.05) is 17.8 Å².